The van der Waals surface area contributed by atoms with Gasteiger partial charge in [0, 0.05) is 37.8 Å². The minimum atomic E-state index is -0.558. The van der Waals surface area contributed by atoms with Gasteiger partial charge in [0.2, 0.25) is 0 Å². The zero-order valence-corrected chi connectivity index (χ0v) is 14.9. The fourth-order valence-electron chi connectivity index (χ4n) is 3.11. The number of hydrogen-bond acceptors (Lipinski definition) is 5. The van der Waals surface area contributed by atoms with Gasteiger partial charge in [-0.25, -0.2) is 4.39 Å². The second kappa shape index (κ2) is 8.03. The predicted molar refractivity (Wildman–Crippen MR) is 98.8 cm³/mol. The zero-order chi connectivity index (χ0) is 19.4. The van der Waals surface area contributed by atoms with Gasteiger partial charge < -0.3 is 14.5 Å². The van der Waals surface area contributed by atoms with Crippen molar-refractivity contribution in [3.63, 3.8) is 0 Å². The molecule has 2 aromatic rings. The van der Waals surface area contributed by atoms with E-state index in [2.05, 4.69) is 0 Å². The van der Waals surface area contributed by atoms with Gasteiger partial charge in [-0.2, -0.15) is 0 Å². The maximum atomic E-state index is 13.9. The number of amides is 1. The largest absolute Gasteiger partial charge is 0.487 e. The number of anilines is 1. The van der Waals surface area contributed by atoms with Crippen molar-refractivity contribution < 1.29 is 18.8 Å². The van der Waals surface area contributed by atoms with Crippen molar-refractivity contribution in [2.24, 2.45) is 0 Å². The van der Waals surface area contributed by atoms with Crippen LogP contribution in [-0.4, -0.2) is 48.5 Å². The molecular formula is C19H20FN3O4. The van der Waals surface area contributed by atoms with Crippen molar-refractivity contribution in [1.29, 1.82) is 0 Å². The summed E-state index contributed by atoms with van der Waals surface area (Å²) in [4.78, 5) is 26.9. The number of carbonyl (C=O) groups is 1. The molecule has 27 heavy (non-hydrogen) atoms. The highest BCUT2D eigenvalue weighted by Gasteiger charge is 2.26. The van der Waals surface area contributed by atoms with Crippen LogP contribution in [-0.2, 0) is 0 Å². The topological polar surface area (TPSA) is 75.9 Å². The molecule has 1 amide bonds. The van der Waals surface area contributed by atoms with Gasteiger partial charge in [0.05, 0.1) is 17.2 Å². The fourth-order valence-corrected chi connectivity index (χ4v) is 3.11. The zero-order valence-electron chi connectivity index (χ0n) is 14.9. The first-order valence-electron chi connectivity index (χ1n) is 8.71. The van der Waals surface area contributed by atoms with Gasteiger partial charge in [0.25, 0.3) is 5.91 Å². The van der Waals surface area contributed by atoms with Crippen LogP contribution in [0.2, 0.25) is 0 Å². The third kappa shape index (κ3) is 3.99. The molecule has 0 N–H and O–H groups in total. The van der Waals surface area contributed by atoms with E-state index < -0.39 is 4.92 Å². The molecular weight excluding hydrogens is 353 g/mol. The van der Waals surface area contributed by atoms with E-state index in [1.807, 2.05) is 4.90 Å². The Morgan fingerprint density at radius 2 is 1.89 bits per heavy atom. The quantitative estimate of drug-likeness (QED) is 0.595. The predicted octanol–water partition coefficient (Wildman–Crippen LogP) is 3.10. The van der Waals surface area contributed by atoms with Crippen LogP contribution in [0, 0.1) is 15.9 Å². The van der Waals surface area contributed by atoms with Gasteiger partial charge in [0.1, 0.15) is 5.82 Å². The van der Waals surface area contributed by atoms with Gasteiger partial charge >= 0.3 is 5.69 Å². The molecule has 142 valence electrons. The standard InChI is InChI=1S/C19H20FN3O4/c1-2-27-18-8-7-14(13-17(18)23(25)26)19(24)22-11-9-21(10-12-22)16-6-4-3-5-15(16)20/h3-8,13H,2,9-12H2,1H3. The lowest BCUT2D eigenvalue weighted by Gasteiger charge is -2.36. The highest BCUT2D eigenvalue weighted by atomic mass is 19.1. The third-order valence-corrected chi connectivity index (χ3v) is 4.46. The Bertz CT molecular complexity index is 851. The summed E-state index contributed by atoms with van der Waals surface area (Å²) in [6.07, 6.45) is 0. The molecule has 0 unspecified atom stereocenters. The minimum absolute atomic E-state index is 0.142. The summed E-state index contributed by atoms with van der Waals surface area (Å²) >= 11 is 0. The minimum Gasteiger partial charge on any atom is -0.487 e. The Labute approximate surface area is 156 Å². The number of benzene rings is 2. The van der Waals surface area contributed by atoms with E-state index in [0.29, 0.717) is 38.5 Å². The van der Waals surface area contributed by atoms with Crippen LogP contribution in [0.25, 0.3) is 0 Å². The molecule has 1 saturated heterocycles. The molecule has 3 rings (SSSR count). The van der Waals surface area contributed by atoms with E-state index in [0.717, 1.165) is 0 Å². The lowest BCUT2D eigenvalue weighted by molar-refractivity contribution is -0.385. The lowest BCUT2D eigenvalue weighted by atomic mass is 10.1. The van der Waals surface area contributed by atoms with Gasteiger partial charge in [-0.1, -0.05) is 12.1 Å². The molecule has 0 atom stereocenters. The van der Waals surface area contributed by atoms with Crippen LogP contribution in [0.4, 0.5) is 15.8 Å². The number of carbonyl (C=O) groups excluding carboxylic acids is 1. The van der Waals surface area contributed by atoms with E-state index in [1.165, 1.54) is 24.3 Å². The molecule has 1 aliphatic rings. The number of nitrogens with zero attached hydrogens (tertiary/aromatic N) is 3. The average molecular weight is 373 g/mol. The first kappa shape index (κ1) is 18.6. The highest BCUT2D eigenvalue weighted by Crippen LogP contribution is 2.29. The number of hydrogen-bond donors (Lipinski definition) is 0. The van der Waals surface area contributed by atoms with Gasteiger partial charge in [-0.15, -0.1) is 0 Å². The Balaban J connectivity index is 1.71. The van der Waals surface area contributed by atoms with Crippen LogP contribution in [0.3, 0.4) is 0 Å². The summed E-state index contributed by atoms with van der Waals surface area (Å²) in [6, 6.07) is 10.8. The molecule has 1 fully saturated rings. The number of piperazine rings is 1. The Hall–Kier alpha value is -3.16. The number of nitro groups is 1. The van der Waals surface area contributed by atoms with Gasteiger partial charge in [0.15, 0.2) is 5.75 Å². The number of halogens is 1. The molecule has 8 heteroatoms. The van der Waals surface area contributed by atoms with Crippen molar-refractivity contribution in [1.82, 2.24) is 4.90 Å². The van der Waals surface area contributed by atoms with Crippen molar-refractivity contribution in [3.8, 4) is 5.75 Å². The highest BCUT2D eigenvalue weighted by molar-refractivity contribution is 5.95. The van der Waals surface area contributed by atoms with E-state index in [1.54, 1.807) is 30.0 Å². The Morgan fingerprint density at radius 3 is 2.52 bits per heavy atom. The molecule has 0 radical (unpaired) electrons. The van der Waals surface area contributed by atoms with E-state index in [4.69, 9.17) is 4.74 Å². The molecule has 0 aromatic heterocycles. The smallest absolute Gasteiger partial charge is 0.311 e. The molecule has 1 aliphatic heterocycles. The number of para-hydroxylation sites is 1. The van der Waals surface area contributed by atoms with Crippen LogP contribution >= 0.6 is 0 Å². The number of rotatable bonds is 5. The van der Waals surface area contributed by atoms with E-state index >= 15 is 0 Å². The second-order valence-electron chi connectivity index (χ2n) is 6.10. The molecule has 1 heterocycles. The molecule has 0 spiro atoms. The molecule has 0 aliphatic carbocycles. The van der Waals surface area contributed by atoms with Crippen LogP contribution in [0.1, 0.15) is 17.3 Å². The van der Waals surface area contributed by atoms with Crippen molar-refractivity contribution in [2.75, 3.05) is 37.7 Å². The molecule has 0 bridgehead atoms. The summed E-state index contributed by atoms with van der Waals surface area (Å²) < 4.78 is 19.2. The first-order valence-corrected chi connectivity index (χ1v) is 8.71. The molecule has 7 nitrogen and oxygen atoms in total. The fraction of sp³-hybridized carbons (Fsp3) is 0.316. The van der Waals surface area contributed by atoms with Crippen molar-refractivity contribution in [3.05, 3.63) is 64.0 Å². The summed E-state index contributed by atoms with van der Waals surface area (Å²) in [7, 11) is 0. The summed E-state index contributed by atoms with van der Waals surface area (Å²) in [5.74, 6) is -0.433. The summed E-state index contributed by atoms with van der Waals surface area (Å²) in [5, 5.41) is 11.2. The summed E-state index contributed by atoms with van der Waals surface area (Å²) in [5.41, 5.74) is 0.526. The van der Waals surface area contributed by atoms with Gasteiger partial charge in [-0.05, 0) is 31.2 Å². The summed E-state index contributed by atoms with van der Waals surface area (Å²) in [6.45, 7) is 3.84. The Morgan fingerprint density at radius 1 is 1.19 bits per heavy atom. The normalized spacial score (nSPS) is 14.1. The molecule has 0 saturated carbocycles. The van der Waals surface area contributed by atoms with Crippen molar-refractivity contribution >= 4 is 17.3 Å². The maximum Gasteiger partial charge on any atom is 0.311 e. The van der Waals surface area contributed by atoms with Gasteiger partial charge in [-0.3, -0.25) is 14.9 Å². The first-order chi connectivity index (χ1) is 13.0. The third-order valence-electron chi connectivity index (χ3n) is 4.46. The second-order valence-corrected chi connectivity index (χ2v) is 6.10. The van der Waals surface area contributed by atoms with Crippen LogP contribution < -0.4 is 9.64 Å². The van der Waals surface area contributed by atoms with Crippen LogP contribution in [0.15, 0.2) is 42.5 Å². The average Bonchev–Trinajstić information content (AvgIpc) is 2.68. The SMILES string of the molecule is CCOc1ccc(C(=O)N2CCN(c3ccccc3F)CC2)cc1[N+](=O)[O-]. The lowest BCUT2D eigenvalue weighted by Crippen LogP contribution is -2.49. The number of ether oxygens (including phenoxy) is 1. The monoisotopic (exact) mass is 373 g/mol. The Kier molecular flexibility index (Phi) is 5.54. The van der Waals surface area contributed by atoms with Crippen LogP contribution in [0.5, 0.6) is 5.75 Å². The maximum absolute atomic E-state index is 13.9. The number of nitro benzene ring substituents is 1. The van der Waals surface area contributed by atoms with E-state index in [-0.39, 0.29) is 28.7 Å². The van der Waals surface area contributed by atoms with Crippen molar-refractivity contribution in [2.45, 2.75) is 6.92 Å². The molecule has 2 aromatic carbocycles. The van der Waals surface area contributed by atoms with E-state index in [9.17, 15) is 19.3 Å².